The van der Waals surface area contributed by atoms with Crippen molar-refractivity contribution in [3.8, 4) is 0 Å². The van der Waals surface area contributed by atoms with Crippen LogP contribution in [0.15, 0.2) is 12.1 Å². The smallest absolute Gasteiger partial charge is 0.294 e. The number of nitrogens with zero attached hydrogens (tertiary/aromatic N) is 3. The maximum atomic E-state index is 11.1. The summed E-state index contributed by atoms with van der Waals surface area (Å²) in [5.74, 6) is 0. The Bertz CT molecular complexity index is 504. The number of nitrogens with two attached hydrogens (primary N) is 1. The van der Waals surface area contributed by atoms with Crippen molar-refractivity contribution < 1.29 is 10.0 Å². The lowest BCUT2D eigenvalue weighted by Crippen LogP contribution is -2.47. The van der Waals surface area contributed by atoms with E-state index in [0.29, 0.717) is 31.0 Å². The molecular weight excluding hydrogens is 284 g/mol. The first-order chi connectivity index (χ1) is 9.52. The molecule has 0 saturated carbocycles. The number of anilines is 2. The number of nitrogen functional groups attached to an aromatic ring is 1. The zero-order valence-corrected chi connectivity index (χ0v) is 11.7. The van der Waals surface area contributed by atoms with Gasteiger partial charge in [-0.1, -0.05) is 11.6 Å². The van der Waals surface area contributed by atoms with Crippen molar-refractivity contribution in [2.45, 2.75) is 0 Å². The Balaban J connectivity index is 2.21. The summed E-state index contributed by atoms with van der Waals surface area (Å²) in [6.45, 7) is 3.55. The van der Waals surface area contributed by atoms with Crippen LogP contribution in [0, 0.1) is 10.1 Å². The van der Waals surface area contributed by atoms with Gasteiger partial charge in [-0.2, -0.15) is 0 Å². The van der Waals surface area contributed by atoms with E-state index >= 15 is 0 Å². The number of aliphatic hydroxyl groups is 1. The first kappa shape index (κ1) is 14.8. The van der Waals surface area contributed by atoms with Crippen LogP contribution in [0.5, 0.6) is 0 Å². The van der Waals surface area contributed by atoms with E-state index in [-0.39, 0.29) is 17.3 Å². The van der Waals surface area contributed by atoms with Crippen LogP contribution in [0.2, 0.25) is 5.02 Å². The lowest BCUT2D eigenvalue weighted by atomic mass is 10.2. The van der Waals surface area contributed by atoms with Gasteiger partial charge in [0.25, 0.3) is 5.69 Å². The Morgan fingerprint density at radius 3 is 2.55 bits per heavy atom. The summed E-state index contributed by atoms with van der Waals surface area (Å²) >= 11 is 5.85. The van der Waals surface area contributed by atoms with Crippen molar-refractivity contribution >= 4 is 28.7 Å². The van der Waals surface area contributed by atoms with Gasteiger partial charge in [0.05, 0.1) is 22.2 Å². The molecule has 0 aliphatic carbocycles. The number of β-amino-alcohol motifs (C(OH)–C–C–N with tert-alkyl or cyclic N) is 1. The fraction of sp³-hybridized carbons (Fsp3) is 0.500. The topological polar surface area (TPSA) is 95.9 Å². The molecule has 1 aliphatic heterocycles. The molecule has 0 amide bonds. The number of hydrogen-bond acceptors (Lipinski definition) is 6. The fourth-order valence-corrected chi connectivity index (χ4v) is 2.48. The average Bonchev–Trinajstić information content (AvgIpc) is 2.42. The third-order valence-electron chi connectivity index (χ3n) is 3.42. The van der Waals surface area contributed by atoms with Gasteiger partial charge < -0.3 is 15.7 Å². The van der Waals surface area contributed by atoms with E-state index in [1.807, 2.05) is 4.90 Å². The minimum atomic E-state index is -0.444. The van der Waals surface area contributed by atoms with Gasteiger partial charge >= 0.3 is 0 Å². The molecule has 2 rings (SSSR count). The SMILES string of the molecule is Nc1cc(N2CCN(CCO)CC2)c([N+](=O)[O-])cc1Cl. The Kier molecular flexibility index (Phi) is 4.64. The first-order valence-corrected chi connectivity index (χ1v) is 6.72. The van der Waals surface area contributed by atoms with Crippen LogP contribution in [0.4, 0.5) is 17.1 Å². The number of rotatable bonds is 4. The molecule has 0 aromatic heterocycles. The zero-order chi connectivity index (χ0) is 14.7. The van der Waals surface area contributed by atoms with Crippen LogP contribution in [-0.2, 0) is 0 Å². The molecule has 3 N–H and O–H groups in total. The second kappa shape index (κ2) is 6.25. The van der Waals surface area contributed by atoms with E-state index in [0.717, 1.165) is 13.1 Å². The van der Waals surface area contributed by atoms with Crippen LogP contribution in [-0.4, -0.2) is 54.3 Å². The summed E-state index contributed by atoms with van der Waals surface area (Å²) in [6, 6.07) is 2.86. The van der Waals surface area contributed by atoms with Crippen LogP contribution < -0.4 is 10.6 Å². The maximum Gasteiger partial charge on any atom is 0.294 e. The standard InChI is InChI=1S/C12H17ClN4O3/c13-9-7-12(17(19)20)11(8-10(9)14)16-3-1-15(2-4-16)5-6-18/h7-8,18H,1-6,14H2. The molecule has 20 heavy (non-hydrogen) atoms. The predicted octanol–water partition coefficient (Wildman–Crippen LogP) is 0.945. The summed E-state index contributed by atoms with van der Waals surface area (Å²) in [6.07, 6.45) is 0. The van der Waals surface area contributed by atoms with E-state index in [2.05, 4.69) is 4.90 Å². The average molecular weight is 301 g/mol. The molecular formula is C12H17ClN4O3. The summed E-state index contributed by atoms with van der Waals surface area (Å²) in [7, 11) is 0. The Morgan fingerprint density at radius 1 is 1.35 bits per heavy atom. The van der Waals surface area contributed by atoms with Gasteiger partial charge in [-0.15, -0.1) is 0 Å². The van der Waals surface area contributed by atoms with E-state index in [4.69, 9.17) is 22.4 Å². The quantitative estimate of drug-likeness (QED) is 0.488. The van der Waals surface area contributed by atoms with Gasteiger partial charge in [0.2, 0.25) is 0 Å². The molecule has 8 heteroatoms. The van der Waals surface area contributed by atoms with E-state index < -0.39 is 4.92 Å². The van der Waals surface area contributed by atoms with Gasteiger partial charge in [0.15, 0.2) is 0 Å². The monoisotopic (exact) mass is 300 g/mol. The summed E-state index contributed by atoms with van der Waals surface area (Å²) < 4.78 is 0. The molecule has 1 heterocycles. The van der Waals surface area contributed by atoms with Gasteiger partial charge in [0, 0.05) is 38.8 Å². The highest BCUT2D eigenvalue weighted by molar-refractivity contribution is 6.33. The number of nitro benzene ring substituents is 1. The number of nitro groups is 1. The first-order valence-electron chi connectivity index (χ1n) is 6.34. The molecule has 0 bridgehead atoms. The second-order valence-electron chi connectivity index (χ2n) is 4.67. The van der Waals surface area contributed by atoms with Crippen LogP contribution >= 0.6 is 11.6 Å². The number of hydrogen-bond donors (Lipinski definition) is 2. The van der Waals surface area contributed by atoms with Crippen molar-refractivity contribution in [3.63, 3.8) is 0 Å². The second-order valence-corrected chi connectivity index (χ2v) is 5.08. The summed E-state index contributed by atoms with van der Waals surface area (Å²) in [5, 5.41) is 20.2. The van der Waals surface area contributed by atoms with E-state index in [1.54, 1.807) is 6.07 Å². The van der Waals surface area contributed by atoms with Crippen molar-refractivity contribution in [2.75, 3.05) is 50.0 Å². The van der Waals surface area contributed by atoms with Crippen molar-refractivity contribution in [1.29, 1.82) is 0 Å². The van der Waals surface area contributed by atoms with Crippen LogP contribution in [0.25, 0.3) is 0 Å². The molecule has 1 aliphatic rings. The predicted molar refractivity (Wildman–Crippen MR) is 78.3 cm³/mol. The van der Waals surface area contributed by atoms with Crippen LogP contribution in [0.3, 0.4) is 0 Å². The minimum absolute atomic E-state index is 0.0280. The third kappa shape index (κ3) is 3.12. The number of halogens is 1. The molecule has 1 aromatic carbocycles. The normalized spacial score (nSPS) is 16.4. The number of piperazine rings is 1. The maximum absolute atomic E-state index is 11.1. The highest BCUT2D eigenvalue weighted by Crippen LogP contribution is 2.35. The van der Waals surface area contributed by atoms with Crippen molar-refractivity contribution in [1.82, 2.24) is 4.90 Å². The Morgan fingerprint density at radius 2 is 2.00 bits per heavy atom. The Labute approximate surface area is 121 Å². The summed E-state index contributed by atoms with van der Waals surface area (Å²) in [4.78, 5) is 14.7. The number of aliphatic hydroxyl groups excluding tert-OH is 1. The largest absolute Gasteiger partial charge is 0.397 e. The highest BCUT2D eigenvalue weighted by Gasteiger charge is 2.24. The molecule has 1 fully saturated rings. The van der Waals surface area contributed by atoms with E-state index in [1.165, 1.54) is 6.07 Å². The fourth-order valence-electron chi connectivity index (χ4n) is 2.32. The number of benzene rings is 1. The van der Waals surface area contributed by atoms with Crippen LogP contribution in [0.1, 0.15) is 0 Å². The molecule has 7 nitrogen and oxygen atoms in total. The zero-order valence-electron chi connectivity index (χ0n) is 11.0. The van der Waals surface area contributed by atoms with Gasteiger partial charge in [-0.3, -0.25) is 15.0 Å². The van der Waals surface area contributed by atoms with Gasteiger partial charge in [-0.25, -0.2) is 0 Å². The lowest BCUT2D eigenvalue weighted by Gasteiger charge is -2.35. The lowest BCUT2D eigenvalue weighted by molar-refractivity contribution is -0.384. The van der Waals surface area contributed by atoms with Gasteiger partial charge in [-0.05, 0) is 6.07 Å². The Hall–Kier alpha value is -1.57. The molecule has 0 spiro atoms. The van der Waals surface area contributed by atoms with Crippen molar-refractivity contribution in [2.24, 2.45) is 0 Å². The molecule has 0 unspecified atom stereocenters. The molecule has 1 aromatic rings. The molecule has 1 saturated heterocycles. The van der Waals surface area contributed by atoms with E-state index in [9.17, 15) is 10.1 Å². The summed E-state index contributed by atoms with van der Waals surface area (Å²) in [5.41, 5.74) is 6.56. The molecule has 0 radical (unpaired) electrons. The molecule has 0 atom stereocenters. The van der Waals surface area contributed by atoms with Gasteiger partial charge in [0.1, 0.15) is 5.69 Å². The van der Waals surface area contributed by atoms with Crippen molar-refractivity contribution in [3.05, 3.63) is 27.3 Å². The minimum Gasteiger partial charge on any atom is -0.397 e. The highest BCUT2D eigenvalue weighted by atomic mass is 35.5. The molecule has 110 valence electrons. The third-order valence-corrected chi connectivity index (χ3v) is 3.75.